The van der Waals surface area contributed by atoms with Crippen LogP contribution in [0.25, 0.3) is 0 Å². The minimum Gasteiger partial charge on any atom is -0.383 e. The summed E-state index contributed by atoms with van der Waals surface area (Å²) in [4.78, 5) is 0. The first-order chi connectivity index (χ1) is 8.56. The largest absolute Gasteiger partial charge is 0.383 e. The fraction of sp³-hybridized carbons (Fsp3) is 0.917. The molecular weight excluding hydrogens is 252 g/mol. The highest BCUT2D eigenvalue weighted by molar-refractivity contribution is 7.89. The number of ether oxygens (including phenoxy) is 1. The molecule has 1 N–H and O–H groups in total. The van der Waals surface area contributed by atoms with E-state index in [1.54, 1.807) is 11.4 Å². The van der Waals surface area contributed by atoms with Crippen molar-refractivity contribution in [1.29, 1.82) is 0 Å². The van der Waals surface area contributed by atoms with Crippen molar-refractivity contribution >= 4 is 10.0 Å². The standard InChI is InChI=1S/C12H25N2O3S/c1-12(11-17-2)13-7-6-10-18(15,16)14-8-4-3-5-9-14/h3,12-13H,4-11H2,1-2H3. The number of sulfonamides is 1. The highest BCUT2D eigenvalue weighted by Crippen LogP contribution is 2.13. The van der Waals surface area contributed by atoms with Gasteiger partial charge in [0.05, 0.1) is 12.4 Å². The van der Waals surface area contributed by atoms with Crippen LogP contribution in [0.15, 0.2) is 0 Å². The van der Waals surface area contributed by atoms with Crippen LogP contribution in [0, 0.1) is 6.42 Å². The number of nitrogens with one attached hydrogen (secondary N) is 1. The van der Waals surface area contributed by atoms with E-state index in [9.17, 15) is 8.42 Å². The second-order valence-corrected chi connectivity index (χ2v) is 6.83. The smallest absolute Gasteiger partial charge is 0.214 e. The van der Waals surface area contributed by atoms with Gasteiger partial charge in [0.15, 0.2) is 0 Å². The van der Waals surface area contributed by atoms with Crippen LogP contribution in [0.2, 0.25) is 0 Å². The molecule has 1 aliphatic rings. The number of nitrogens with zero attached hydrogens (tertiary/aromatic N) is 1. The van der Waals surface area contributed by atoms with E-state index in [1.165, 1.54) is 0 Å². The Morgan fingerprint density at radius 1 is 1.39 bits per heavy atom. The van der Waals surface area contributed by atoms with Crippen molar-refractivity contribution in [3.8, 4) is 0 Å². The van der Waals surface area contributed by atoms with Crippen LogP contribution < -0.4 is 5.32 Å². The molecule has 1 fully saturated rings. The fourth-order valence-electron chi connectivity index (χ4n) is 2.05. The van der Waals surface area contributed by atoms with Gasteiger partial charge >= 0.3 is 0 Å². The lowest BCUT2D eigenvalue weighted by Gasteiger charge is -2.25. The molecule has 0 aromatic carbocycles. The Morgan fingerprint density at radius 2 is 2.06 bits per heavy atom. The highest BCUT2D eigenvalue weighted by Gasteiger charge is 2.23. The Labute approximate surface area is 111 Å². The summed E-state index contributed by atoms with van der Waals surface area (Å²) in [5, 5.41) is 3.24. The van der Waals surface area contributed by atoms with Crippen LogP contribution in [-0.4, -0.2) is 57.9 Å². The fourth-order valence-corrected chi connectivity index (χ4v) is 3.58. The lowest BCUT2D eigenvalue weighted by Crippen LogP contribution is -2.38. The molecule has 1 heterocycles. The molecule has 5 nitrogen and oxygen atoms in total. The van der Waals surface area contributed by atoms with E-state index in [0.717, 1.165) is 12.8 Å². The summed E-state index contributed by atoms with van der Waals surface area (Å²) in [6.07, 6.45) is 4.56. The minimum atomic E-state index is -3.05. The Bertz CT molecular complexity index is 313. The molecule has 0 amide bonds. The third-order valence-corrected chi connectivity index (χ3v) is 5.00. The third-order valence-electron chi connectivity index (χ3n) is 3.05. The Kier molecular flexibility index (Phi) is 7.14. The first kappa shape index (κ1) is 15.9. The Morgan fingerprint density at radius 3 is 2.67 bits per heavy atom. The predicted molar refractivity (Wildman–Crippen MR) is 72.9 cm³/mol. The molecule has 18 heavy (non-hydrogen) atoms. The van der Waals surface area contributed by atoms with Crippen LogP contribution in [-0.2, 0) is 14.8 Å². The normalized spacial score (nSPS) is 19.9. The van der Waals surface area contributed by atoms with Crippen molar-refractivity contribution in [2.45, 2.75) is 32.2 Å². The monoisotopic (exact) mass is 277 g/mol. The first-order valence-corrected chi connectivity index (χ1v) is 8.19. The number of rotatable bonds is 8. The van der Waals surface area contributed by atoms with Crippen LogP contribution >= 0.6 is 0 Å². The molecule has 1 atom stereocenters. The van der Waals surface area contributed by atoms with E-state index in [2.05, 4.69) is 11.7 Å². The van der Waals surface area contributed by atoms with Crippen LogP contribution in [0.1, 0.15) is 26.2 Å². The van der Waals surface area contributed by atoms with Crippen molar-refractivity contribution in [3.05, 3.63) is 6.42 Å². The summed E-state index contributed by atoms with van der Waals surface area (Å²) in [5.41, 5.74) is 0. The number of hydrogen-bond donors (Lipinski definition) is 1. The topological polar surface area (TPSA) is 58.6 Å². The highest BCUT2D eigenvalue weighted by atomic mass is 32.2. The molecule has 1 aliphatic heterocycles. The van der Waals surface area contributed by atoms with Crippen LogP contribution in [0.5, 0.6) is 0 Å². The number of piperidine rings is 1. The van der Waals surface area contributed by atoms with Gasteiger partial charge in [-0.05, 0) is 39.2 Å². The second-order valence-electron chi connectivity index (χ2n) is 4.75. The summed E-state index contributed by atoms with van der Waals surface area (Å²) in [7, 11) is -1.39. The molecule has 1 rings (SSSR count). The van der Waals surface area contributed by atoms with Crippen molar-refractivity contribution in [2.24, 2.45) is 0 Å². The molecule has 1 saturated heterocycles. The second kappa shape index (κ2) is 8.09. The van der Waals surface area contributed by atoms with Crippen molar-refractivity contribution < 1.29 is 13.2 Å². The maximum Gasteiger partial charge on any atom is 0.214 e. The molecule has 0 saturated carbocycles. The maximum atomic E-state index is 12.0. The van der Waals surface area contributed by atoms with Crippen LogP contribution in [0.3, 0.4) is 0 Å². The lowest BCUT2D eigenvalue weighted by atomic mass is 10.2. The molecule has 6 heteroatoms. The molecule has 1 radical (unpaired) electrons. The predicted octanol–water partition coefficient (Wildman–Crippen LogP) is 0.631. The average Bonchev–Trinajstić information content (AvgIpc) is 2.36. The quantitative estimate of drug-likeness (QED) is 0.661. The van der Waals surface area contributed by atoms with Gasteiger partial charge in [0.25, 0.3) is 0 Å². The van der Waals surface area contributed by atoms with Crippen molar-refractivity contribution in [1.82, 2.24) is 9.62 Å². The molecule has 1 unspecified atom stereocenters. The van der Waals surface area contributed by atoms with Gasteiger partial charge in [-0.2, -0.15) is 0 Å². The Balaban J connectivity index is 2.20. The van der Waals surface area contributed by atoms with E-state index in [-0.39, 0.29) is 11.8 Å². The molecule has 0 aliphatic carbocycles. The zero-order chi connectivity index (χ0) is 13.4. The first-order valence-electron chi connectivity index (χ1n) is 6.58. The lowest BCUT2D eigenvalue weighted by molar-refractivity contribution is 0.172. The molecular formula is C12H25N2O3S. The molecule has 0 aromatic rings. The van der Waals surface area contributed by atoms with Gasteiger partial charge in [0, 0.05) is 26.2 Å². The summed E-state index contributed by atoms with van der Waals surface area (Å²) in [6.45, 7) is 4.68. The average molecular weight is 277 g/mol. The van der Waals surface area contributed by atoms with Gasteiger partial charge in [-0.3, -0.25) is 0 Å². The summed E-state index contributed by atoms with van der Waals surface area (Å²) >= 11 is 0. The molecule has 0 bridgehead atoms. The zero-order valence-corrected chi connectivity index (χ0v) is 12.2. The van der Waals surface area contributed by atoms with E-state index >= 15 is 0 Å². The van der Waals surface area contributed by atoms with Gasteiger partial charge in [0.2, 0.25) is 10.0 Å². The van der Waals surface area contributed by atoms with Crippen molar-refractivity contribution in [3.63, 3.8) is 0 Å². The number of methoxy groups -OCH3 is 1. The molecule has 0 aromatic heterocycles. The van der Waals surface area contributed by atoms with E-state index < -0.39 is 10.0 Å². The van der Waals surface area contributed by atoms with E-state index in [1.807, 2.05) is 6.92 Å². The van der Waals surface area contributed by atoms with Gasteiger partial charge in [-0.25, -0.2) is 12.7 Å². The SMILES string of the molecule is COCC(C)NCCCS(=O)(=O)N1CC[CH]CC1. The van der Waals surface area contributed by atoms with E-state index in [4.69, 9.17) is 4.74 Å². The summed E-state index contributed by atoms with van der Waals surface area (Å²) in [5.74, 6) is 0.236. The molecule has 0 spiro atoms. The van der Waals surface area contributed by atoms with E-state index in [0.29, 0.717) is 32.7 Å². The molecule has 107 valence electrons. The Hall–Kier alpha value is -0.170. The van der Waals surface area contributed by atoms with Gasteiger partial charge < -0.3 is 10.1 Å². The van der Waals surface area contributed by atoms with Gasteiger partial charge in [0.1, 0.15) is 0 Å². The minimum absolute atomic E-state index is 0.236. The van der Waals surface area contributed by atoms with Gasteiger partial charge in [-0.15, -0.1) is 0 Å². The number of hydrogen-bond acceptors (Lipinski definition) is 4. The summed E-state index contributed by atoms with van der Waals surface area (Å²) < 4.78 is 30.7. The maximum absolute atomic E-state index is 12.0. The zero-order valence-electron chi connectivity index (χ0n) is 11.4. The summed E-state index contributed by atoms with van der Waals surface area (Å²) in [6, 6.07) is 0.266. The third kappa shape index (κ3) is 5.65. The van der Waals surface area contributed by atoms with Crippen molar-refractivity contribution in [2.75, 3.05) is 39.1 Å². The van der Waals surface area contributed by atoms with Gasteiger partial charge in [-0.1, -0.05) is 0 Å². The van der Waals surface area contributed by atoms with Crippen LogP contribution in [0.4, 0.5) is 0 Å².